The Morgan fingerprint density at radius 2 is 1.60 bits per heavy atom. The molecule has 1 aliphatic rings. The van der Waals surface area contributed by atoms with Gasteiger partial charge in [-0.15, -0.1) is 0 Å². The van der Waals surface area contributed by atoms with Crippen molar-refractivity contribution in [3.8, 4) is 0 Å². The third-order valence-electron chi connectivity index (χ3n) is 3.50. The Morgan fingerprint density at radius 3 is 2.20 bits per heavy atom. The molecule has 0 spiro atoms. The highest BCUT2D eigenvalue weighted by atomic mass is 16.7. The van der Waals surface area contributed by atoms with E-state index in [1.807, 2.05) is 0 Å². The molecule has 120 valence electrons. The van der Waals surface area contributed by atoms with Crippen molar-refractivity contribution in [2.45, 2.75) is 64.1 Å². The van der Waals surface area contributed by atoms with Crippen LogP contribution in [0.4, 0.5) is 0 Å². The van der Waals surface area contributed by atoms with Crippen molar-refractivity contribution >= 4 is 0 Å². The summed E-state index contributed by atoms with van der Waals surface area (Å²) in [5.74, 6) is 0. The molecule has 0 N–H and O–H groups in total. The van der Waals surface area contributed by atoms with Gasteiger partial charge in [0.25, 0.3) is 0 Å². The fourth-order valence-electron chi connectivity index (χ4n) is 2.27. The van der Waals surface area contributed by atoms with Crippen molar-refractivity contribution in [2.75, 3.05) is 34.0 Å². The number of unbranched alkanes of at least 4 members (excludes halogenated alkanes) is 2. The van der Waals surface area contributed by atoms with E-state index in [1.165, 1.54) is 0 Å². The van der Waals surface area contributed by atoms with Gasteiger partial charge in [0.15, 0.2) is 6.29 Å². The van der Waals surface area contributed by atoms with E-state index in [9.17, 15) is 0 Å². The molecular weight excluding hydrogens is 260 g/mol. The van der Waals surface area contributed by atoms with Crippen LogP contribution in [0, 0.1) is 0 Å². The summed E-state index contributed by atoms with van der Waals surface area (Å²) in [6, 6.07) is 0. The molecule has 1 saturated heterocycles. The zero-order chi connectivity index (χ0) is 14.8. The van der Waals surface area contributed by atoms with E-state index in [0.29, 0.717) is 13.2 Å². The second kappa shape index (κ2) is 10.5. The Kier molecular flexibility index (Phi) is 9.39. The fourth-order valence-corrected chi connectivity index (χ4v) is 2.27. The Hall–Kier alpha value is -0.200. The molecule has 0 amide bonds. The highest BCUT2D eigenvalue weighted by Crippen LogP contribution is 2.27. The van der Waals surface area contributed by atoms with E-state index in [1.54, 1.807) is 14.2 Å². The molecule has 0 aromatic carbocycles. The number of methoxy groups -OCH3 is 2. The normalized spacial score (nSPS) is 30.0. The predicted molar refractivity (Wildman–Crippen MR) is 76.8 cm³/mol. The van der Waals surface area contributed by atoms with Gasteiger partial charge in [-0.25, -0.2) is 0 Å². The Morgan fingerprint density at radius 1 is 0.900 bits per heavy atom. The SMILES string of the molecule is CCCCOC[C@H]1O[C@H](OC)[C@H](OC)[C@@H]1OCCCC. The summed E-state index contributed by atoms with van der Waals surface area (Å²) < 4.78 is 28.3. The number of rotatable bonds is 11. The van der Waals surface area contributed by atoms with Gasteiger partial charge < -0.3 is 23.7 Å². The van der Waals surface area contributed by atoms with Gasteiger partial charge in [0, 0.05) is 27.4 Å². The first kappa shape index (κ1) is 17.9. The lowest BCUT2D eigenvalue weighted by molar-refractivity contribution is -0.161. The third kappa shape index (κ3) is 5.30. The molecule has 0 saturated carbocycles. The molecule has 1 aliphatic heterocycles. The maximum absolute atomic E-state index is 5.94. The first-order chi connectivity index (χ1) is 9.78. The quantitative estimate of drug-likeness (QED) is 0.547. The monoisotopic (exact) mass is 290 g/mol. The summed E-state index contributed by atoms with van der Waals surface area (Å²) in [5.41, 5.74) is 0. The Balaban J connectivity index is 2.49. The average molecular weight is 290 g/mol. The smallest absolute Gasteiger partial charge is 0.186 e. The van der Waals surface area contributed by atoms with Gasteiger partial charge in [0.05, 0.1) is 6.61 Å². The number of hydrogen-bond acceptors (Lipinski definition) is 5. The van der Waals surface area contributed by atoms with Crippen LogP contribution in [-0.2, 0) is 23.7 Å². The van der Waals surface area contributed by atoms with Gasteiger partial charge in [-0.1, -0.05) is 26.7 Å². The van der Waals surface area contributed by atoms with E-state index in [0.717, 1.165) is 32.3 Å². The topological polar surface area (TPSA) is 46.2 Å². The van der Waals surface area contributed by atoms with Gasteiger partial charge in [-0.3, -0.25) is 0 Å². The molecule has 5 heteroatoms. The van der Waals surface area contributed by atoms with E-state index < -0.39 is 0 Å². The summed E-state index contributed by atoms with van der Waals surface area (Å²) in [6.45, 7) is 6.29. The molecular formula is C15H30O5. The van der Waals surface area contributed by atoms with E-state index in [4.69, 9.17) is 23.7 Å². The van der Waals surface area contributed by atoms with Crippen LogP contribution in [0.5, 0.6) is 0 Å². The summed E-state index contributed by atoms with van der Waals surface area (Å²) in [7, 11) is 3.29. The zero-order valence-electron chi connectivity index (χ0n) is 13.3. The maximum atomic E-state index is 5.94. The van der Waals surface area contributed by atoms with Gasteiger partial charge in [0.2, 0.25) is 0 Å². The van der Waals surface area contributed by atoms with E-state index in [-0.39, 0.29) is 24.6 Å². The third-order valence-corrected chi connectivity index (χ3v) is 3.50. The molecule has 1 fully saturated rings. The van der Waals surface area contributed by atoms with Crippen molar-refractivity contribution in [3.05, 3.63) is 0 Å². The lowest BCUT2D eigenvalue weighted by atomic mass is 10.1. The molecule has 1 heterocycles. The van der Waals surface area contributed by atoms with Crippen LogP contribution in [0.1, 0.15) is 39.5 Å². The highest BCUT2D eigenvalue weighted by Gasteiger charge is 2.46. The van der Waals surface area contributed by atoms with E-state index >= 15 is 0 Å². The lowest BCUT2D eigenvalue weighted by Gasteiger charge is -2.22. The lowest BCUT2D eigenvalue weighted by Crippen LogP contribution is -2.39. The second-order valence-corrected chi connectivity index (χ2v) is 5.10. The largest absolute Gasteiger partial charge is 0.379 e. The molecule has 0 aliphatic carbocycles. The van der Waals surface area contributed by atoms with E-state index in [2.05, 4.69) is 13.8 Å². The van der Waals surface area contributed by atoms with Gasteiger partial charge >= 0.3 is 0 Å². The number of hydrogen-bond donors (Lipinski definition) is 0. The summed E-state index contributed by atoms with van der Waals surface area (Å²) in [4.78, 5) is 0. The van der Waals surface area contributed by atoms with Crippen molar-refractivity contribution in [2.24, 2.45) is 0 Å². The van der Waals surface area contributed by atoms with Crippen LogP contribution < -0.4 is 0 Å². The van der Waals surface area contributed by atoms with Crippen LogP contribution in [0.2, 0.25) is 0 Å². The predicted octanol–water partition coefficient (Wildman–Crippen LogP) is 2.37. The average Bonchev–Trinajstić information content (AvgIpc) is 2.81. The van der Waals surface area contributed by atoms with Crippen molar-refractivity contribution in [3.63, 3.8) is 0 Å². The highest BCUT2D eigenvalue weighted by molar-refractivity contribution is 4.89. The molecule has 0 radical (unpaired) electrons. The Labute approximate surface area is 122 Å². The minimum Gasteiger partial charge on any atom is -0.379 e. The minimum absolute atomic E-state index is 0.126. The summed E-state index contributed by atoms with van der Waals surface area (Å²) >= 11 is 0. The second-order valence-electron chi connectivity index (χ2n) is 5.10. The van der Waals surface area contributed by atoms with Gasteiger partial charge in [-0.05, 0) is 12.8 Å². The van der Waals surface area contributed by atoms with Crippen LogP contribution in [0.3, 0.4) is 0 Å². The molecule has 0 aromatic heterocycles. The number of ether oxygens (including phenoxy) is 5. The van der Waals surface area contributed by atoms with Crippen molar-refractivity contribution in [1.82, 2.24) is 0 Å². The van der Waals surface area contributed by atoms with Crippen LogP contribution in [0.25, 0.3) is 0 Å². The van der Waals surface area contributed by atoms with Crippen LogP contribution in [-0.4, -0.2) is 58.6 Å². The van der Waals surface area contributed by atoms with Crippen molar-refractivity contribution < 1.29 is 23.7 Å². The standard InChI is InChI=1S/C15H30O5/c1-5-7-9-18-11-12-13(19-10-8-6-2)14(16-3)15(17-4)20-12/h12-15H,5-11H2,1-4H3/t12-,13-,14-,15+/m1/s1. The molecule has 4 atom stereocenters. The maximum Gasteiger partial charge on any atom is 0.186 e. The Bertz CT molecular complexity index is 236. The molecule has 1 rings (SSSR count). The fraction of sp³-hybridized carbons (Fsp3) is 1.00. The van der Waals surface area contributed by atoms with Crippen LogP contribution in [0.15, 0.2) is 0 Å². The summed E-state index contributed by atoms with van der Waals surface area (Å²) in [5, 5.41) is 0. The first-order valence-corrected chi connectivity index (χ1v) is 7.68. The summed E-state index contributed by atoms with van der Waals surface area (Å²) in [6.07, 6.45) is 3.50. The molecule has 0 aromatic rings. The first-order valence-electron chi connectivity index (χ1n) is 7.68. The minimum atomic E-state index is -0.383. The molecule has 5 nitrogen and oxygen atoms in total. The van der Waals surface area contributed by atoms with Crippen LogP contribution >= 0.6 is 0 Å². The molecule has 0 unspecified atom stereocenters. The zero-order valence-corrected chi connectivity index (χ0v) is 13.3. The van der Waals surface area contributed by atoms with Crippen molar-refractivity contribution in [1.29, 1.82) is 0 Å². The molecule has 20 heavy (non-hydrogen) atoms. The molecule has 0 bridgehead atoms. The van der Waals surface area contributed by atoms with Gasteiger partial charge in [0.1, 0.15) is 18.3 Å². The van der Waals surface area contributed by atoms with Gasteiger partial charge in [-0.2, -0.15) is 0 Å².